The lowest BCUT2D eigenvalue weighted by Gasteiger charge is -2.11. The highest BCUT2D eigenvalue weighted by molar-refractivity contribution is 5.94. The molecule has 0 aliphatic rings. The normalized spacial score (nSPS) is 12.2. The molecule has 0 saturated heterocycles. The van der Waals surface area contributed by atoms with E-state index in [0.717, 1.165) is 0 Å². The second kappa shape index (κ2) is 5.64. The summed E-state index contributed by atoms with van der Waals surface area (Å²) in [5.74, 6) is -1.99. The average Bonchev–Trinajstić information content (AvgIpc) is 2.80. The molecule has 0 spiro atoms. The molecule has 6 nitrogen and oxygen atoms in total. The molecular formula is C14H15NO5. The van der Waals surface area contributed by atoms with E-state index in [1.165, 1.54) is 6.07 Å². The van der Waals surface area contributed by atoms with Crippen molar-refractivity contribution >= 4 is 28.6 Å². The predicted octanol–water partition coefficient (Wildman–Crippen LogP) is 2.43. The summed E-state index contributed by atoms with van der Waals surface area (Å²) in [6.07, 6.45) is -0.305. The first kappa shape index (κ1) is 13.9. The molecular weight excluding hydrogens is 262 g/mol. The molecule has 0 saturated carbocycles. The van der Waals surface area contributed by atoms with E-state index in [4.69, 9.17) is 20.0 Å². The number of benzene rings is 1. The molecule has 0 radical (unpaired) electrons. The van der Waals surface area contributed by atoms with E-state index in [-0.39, 0.29) is 12.2 Å². The van der Waals surface area contributed by atoms with Gasteiger partial charge in [0.1, 0.15) is 5.58 Å². The Morgan fingerprint density at radius 1 is 1.40 bits per heavy atom. The first-order valence-corrected chi connectivity index (χ1v) is 6.24. The molecule has 106 valence electrons. The van der Waals surface area contributed by atoms with Crippen molar-refractivity contribution in [2.45, 2.75) is 25.9 Å². The summed E-state index contributed by atoms with van der Waals surface area (Å²) in [6, 6.07) is 6.44. The van der Waals surface area contributed by atoms with Crippen LogP contribution in [-0.2, 0) is 9.53 Å². The molecule has 20 heavy (non-hydrogen) atoms. The monoisotopic (exact) mass is 277 g/mol. The summed E-state index contributed by atoms with van der Waals surface area (Å²) < 4.78 is 10.3. The fourth-order valence-corrected chi connectivity index (χ4v) is 1.84. The van der Waals surface area contributed by atoms with E-state index in [9.17, 15) is 9.59 Å². The third kappa shape index (κ3) is 2.90. The maximum atomic E-state index is 11.9. The van der Waals surface area contributed by atoms with Crippen LogP contribution >= 0.6 is 0 Å². The van der Waals surface area contributed by atoms with Crippen LogP contribution < -0.4 is 5.73 Å². The van der Waals surface area contributed by atoms with Crippen molar-refractivity contribution in [1.82, 2.24) is 0 Å². The Balaban J connectivity index is 2.20. The first-order valence-electron chi connectivity index (χ1n) is 6.24. The van der Waals surface area contributed by atoms with Gasteiger partial charge in [0.15, 0.2) is 6.10 Å². The number of carboxylic acids is 1. The standard InChI is InChI=1S/C14H15NO5/c1-2-3-11(13(16)17)20-14(18)12-7-8-6-9(15)4-5-10(8)19-12/h4-7,11H,2-3,15H2,1H3,(H,16,17). The van der Waals surface area contributed by atoms with Crippen molar-refractivity contribution in [3.05, 3.63) is 30.0 Å². The number of rotatable bonds is 5. The van der Waals surface area contributed by atoms with Crippen LogP contribution in [0.4, 0.5) is 5.69 Å². The van der Waals surface area contributed by atoms with Gasteiger partial charge in [-0.1, -0.05) is 13.3 Å². The Morgan fingerprint density at radius 2 is 2.15 bits per heavy atom. The minimum Gasteiger partial charge on any atom is -0.479 e. The largest absolute Gasteiger partial charge is 0.479 e. The van der Waals surface area contributed by atoms with Gasteiger partial charge in [0, 0.05) is 11.1 Å². The van der Waals surface area contributed by atoms with Gasteiger partial charge in [-0.3, -0.25) is 0 Å². The van der Waals surface area contributed by atoms with Crippen LogP contribution in [-0.4, -0.2) is 23.1 Å². The number of hydrogen-bond acceptors (Lipinski definition) is 5. The Hall–Kier alpha value is -2.50. The molecule has 1 heterocycles. The molecule has 0 amide bonds. The second-order valence-electron chi connectivity index (χ2n) is 4.43. The highest BCUT2D eigenvalue weighted by Gasteiger charge is 2.24. The Kier molecular flexibility index (Phi) is 3.93. The highest BCUT2D eigenvalue weighted by atomic mass is 16.6. The number of nitrogen functional groups attached to an aromatic ring is 1. The number of furan rings is 1. The predicted molar refractivity (Wildman–Crippen MR) is 72.4 cm³/mol. The zero-order valence-electron chi connectivity index (χ0n) is 11.0. The van der Waals surface area contributed by atoms with Crippen LogP contribution in [0.3, 0.4) is 0 Å². The van der Waals surface area contributed by atoms with Crippen LogP contribution in [0.15, 0.2) is 28.7 Å². The summed E-state index contributed by atoms with van der Waals surface area (Å²) in [4.78, 5) is 22.8. The van der Waals surface area contributed by atoms with E-state index < -0.39 is 18.0 Å². The number of nitrogens with two attached hydrogens (primary N) is 1. The molecule has 3 N–H and O–H groups in total. The number of aliphatic carboxylic acids is 1. The third-order valence-corrected chi connectivity index (χ3v) is 2.82. The SMILES string of the molecule is CCCC(OC(=O)c1cc2cc(N)ccc2o1)C(=O)O. The lowest BCUT2D eigenvalue weighted by molar-refractivity contribution is -0.147. The van der Waals surface area contributed by atoms with E-state index >= 15 is 0 Å². The summed E-state index contributed by atoms with van der Waals surface area (Å²) >= 11 is 0. The smallest absolute Gasteiger partial charge is 0.375 e. The average molecular weight is 277 g/mol. The van der Waals surface area contributed by atoms with E-state index in [0.29, 0.717) is 23.1 Å². The molecule has 0 fully saturated rings. The topological polar surface area (TPSA) is 103 Å². The number of fused-ring (bicyclic) bond motifs is 1. The minimum absolute atomic E-state index is 0.0343. The summed E-state index contributed by atoms with van der Waals surface area (Å²) in [7, 11) is 0. The van der Waals surface area contributed by atoms with Gasteiger partial charge >= 0.3 is 11.9 Å². The van der Waals surface area contributed by atoms with Crippen LogP contribution in [0.5, 0.6) is 0 Å². The summed E-state index contributed by atoms with van der Waals surface area (Å²) in [6.45, 7) is 1.81. The van der Waals surface area contributed by atoms with Gasteiger partial charge in [0.25, 0.3) is 0 Å². The van der Waals surface area contributed by atoms with Gasteiger partial charge in [-0.15, -0.1) is 0 Å². The molecule has 2 aromatic rings. The van der Waals surface area contributed by atoms with Gasteiger partial charge in [-0.2, -0.15) is 0 Å². The van der Waals surface area contributed by atoms with Gasteiger partial charge in [0.05, 0.1) is 0 Å². The second-order valence-corrected chi connectivity index (χ2v) is 4.43. The van der Waals surface area contributed by atoms with E-state index in [2.05, 4.69) is 0 Å². The molecule has 0 bridgehead atoms. The van der Waals surface area contributed by atoms with Crippen molar-refractivity contribution < 1.29 is 23.8 Å². The number of hydrogen-bond donors (Lipinski definition) is 2. The lowest BCUT2D eigenvalue weighted by Crippen LogP contribution is -2.26. The van der Waals surface area contributed by atoms with Crippen molar-refractivity contribution in [2.75, 3.05) is 5.73 Å². The zero-order chi connectivity index (χ0) is 14.7. The lowest BCUT2D eigenvalue weighted by atomic mass is 10.2. The molecule has 1 atom stereocenters. The van der Waals surface area contributed by atoms with Crippen LogP contribution in [0.1, 0.15) is 30.3 Å². The van der Waals surface area contributed by atoms with Crippen molar-refractivity contribution in [3.8, 4) is 0 Å². The van der Waals surface area contributed by atoms with Crippen LogP contribution in [0.2, 0.25) is 0 Å². The first-order chi connectivity index (χ1) is 9.51. The van der Waals surface area contributed by atoms with Crippen molar-refractivity contribution in [2.24, 2.45) is 0 Å². The van der Waals surface area contributed by atoms with Gasteiger partial charge in [0.2, 0.25) is 5.76 Å². The fraction of sp³-hybridized carbons (Fsp3) is 0.286. The number of anilines is 1. The highest BCUT2D eigenvalue weighted by Crippen LogP contribution is 2.22. The van der Waals surface area contributed by atoms with Gasteiger partial charge in [-0.25, -0.2) is 9.59 Å². The molecule has 0 aliphatic heterocycles. The number of ether oxygens (including phenoxy) is 1. The molecule has 2 rings (SSSR count). The Bertz CT molecular complexity index is 646. The van der Waals surface area contributed by atoms with Crippen molar-refractivity contribution in [3.63, 3.8) is 0 Å². The fourth-order valence-electron chi connectivity index (χ4n) is 1.84. The number of carbonyl (C=O) groups is 2. The van der Waals surface area contributed by atoms with E-state index in [1.54, 1.807) is 18.2 Å². The third-order valence-electron chi connectivity index (χ3n) is 2.82. The Morgan fingerprint density at radius 3 is 2.80 bits per heavy atom. The molecule has 0 aliphatic carbocycles. The number of carboxylic acid groups (broad SMARTS) is 1. The van der Waals surface area contributed by atoms with Crippen LogP contribution in [0.25, 0.3) is 11.0 Å². The van der Waals surface area contributed by atoms with Crippen LogP contribution in [0, 0.1) is 0 Å². The summed E-state index contributed by atoms with van der Waals surface area (Å²) in [5, 5.41) is 9.62. The maximum Gasteiger partial charge on any atom is 0.375 e. The quantitative estimate of drug-likeness (QED) is 0.642. The molecule has 1 aromatic heterocycles. The van der Waals surface area contributed by atoms with Gasteiger partial charge < -0.3 is 20.0 Å². The minimum atomic E-state index is -1.17. The van der Waals surface area contributed by atoms with E-state index in [1.807, 2.05) is 6.92 Å². The molecule has 1 unspecified atom stereocenters. The zero-order valence-corrected chi connectivity index (χ0v) is 11.0. The summed E-state index contributed by atoms with van der Waals surface area (Å²) in [5.41, 5.74) is 6.68. The molecule has 1 aromatic carbocycles. The Labute approximate surface area is 115 Å². The van der Waals surface area contributed by atoms with Crippen molar-refractivity contribution in [1.29, 1.82) is 0 Å². The number of esters is 1. The maximum absolute atomic E-state index is 11.9. The number of carbonyl (C=O) groups excluding carboxylic acids is 1. The molecule has 6 heteroatoms. The van der Waals surface area contributed by atoms with Gasteiger partial charge in [-0.05, 0) is 30.7 Å².